The van der Waals surface area contributed by atoms with Crippen molar-refractivity contribution in [2.24, 2.45) is 0 Å². The van der Waals surface area contributed by atoms with Crippen LogP contribution in [-0.2, 0) is 6.18 Å². The van der Waals surface area contributed by atoms with Crippen LogP contribution in [-0.4, -0.2) is 10.9 Å². The number of halogens is 5. The van der Waals surface area contributed by atoms with Crippen molar-refractivity contribution < 1.29 is 26.7 Å². The number of anilines is 1. The van der Waals surface area contributed by atoms with Gasteiger partial charge in [-0.1, -0.05) is 6.07 Å². The number of carbonyl (C=O) groups is 1. The second kappa shape index (κ2) is 5.47. The van der Waals surface area contributed by atoms with Crippen LogP contribution in [0, 0.1) is 11.6 Å². The van der Waals surface area contributed by atoms with Gasteiger partial charge in [-0.2, -0.15) is 13.2 Å². The van der Waals surface area contributed by atoms with Gasteiger partial charge in [-0.3, -0.25) is 9.78 Å². The highest BCUT2D eigenvalue weighted by atomic mass is 19.4. The Bertz CT molecular complexity index is 647. The second-order valence-corrected chi connectivity index (χ2v) is 3.98. The Hall–Kier alpha value is -2.51. The standard InChI is InChI=1S/C13H7F5N2O/c14-8-2-1-3-9(15)11(8)20-12(21)7-4-5-10(19-6-7)13(16,17)18/h1-6H,(H,20,21). The number of aromatic nitrogens is 1. The molecule has 0 unspecified atom stereocenters. The maximum absolute atomic E-state index is 13.3. The van der Waals surface area contributed by atoms with Gasteiger partial charge in [0.25, 0.3) is 5.91 Å². The normalized spacial score (nSPS) is 11.3. The zero-order valence-electron chi connectivity index (χ0n) is 10.2. The first kappa shape index (κ1) is 14.9. The Labute approximate surface area is 115 Å². The molecular formula is C13H7F5N2O. The number of alkyl halides is 3. The summed E-state index contributed by atoms with van der Waals surface area (Å²) >= 11 is 0. The summed E-state index contributed by atoms with van der Waals surface area (Å²) in [7, 11) is 0. The average molecular weight is 302 g/mol. The van der Waals surface area contributed by atoms with Crippen molar-refractivity contribution in [1.29, 1.82) is 0 Å². The van der Waals surface area contributed by atoms with E-state index in [0.29, 0.717) is 12.3 Å². The Morgan fingerprint density at radius 2 is 1.67 bits per heavy atom. The van der Waals surface area contributed by atoms with Gasteiger partial charge in [0.2, 0.25) is 0 Å². The Kier molecular flexibility index (Phi) is 3.88. The number of benzene rings is 1. The van der Waals surface area contributed by atoms with Crippen LogP contribution in [0.4, 0.5) is 27.6 Å². The smallest absolute Gasteiger partial charge is 0.317 e. The number of carbonyl (C=O) groups excluding carboxylic acids is 1. The molecule has 1 aromatic carbocycles. The van der Waals surface area contributed by atoms with Gasteiger partial charge in [0.1, 0.15) is 23.0 Å². The molecule has 0 saturated heterocycles. The van der Waals surface area contributed by atoms with Gasteiger partial charge >= 0.3 is 6.18 Å². The van der Waals surface area contributed by atoms with Crippen LogP contribution < -0.4 is 5.32 Å². The summed E-state index contributed by atoms with van der Waals surface area (Å²) in [6.07, 6.45) is -3.95. The molecule has 0 aliphatic rings. The maximum atomic E-state index is 13.3. The SMILES string of the molecule is O=C(Nc1c(F)cccc1F)c1ccc(C(F)(F)F)nc1. The van der Waals surface area contributed by atoms with E-state index in [-0.39, 0.29) is 5.56 Å². The fourth-order valence-electron chi connectivity index (χ4n) is 1.50. The van der Waals surface area contributed by atoms with Gasteiger partial charge in [0.05, 0.1) is 5.56 Å². The number of rotatable bonds is 2. The van der Waals surface area contributed by atoms with E-state index >= 15 is 0 Å². The summed E-state index contributed by atoms with van der Waals surface area (Å²) in [5.41, 5.74) is -2.11. The lowest BCUT2D eigenvalue weighted by atomic mass is 10.2. The predicted octanol–water partition coefficient (Wildman–Crippen LogP) is 3.63. The molecule has 0 bridgehead atoms. The lowest BCUT2D eigenvalue weighted by Gasteiger charge is -2.08. The van der Waals surface area contributed by atoms with Crippen molar-refractivity contribution in [3.8, 4) is 0 Å². The maximum Gasteiger partial charge on any atom is 0.433 e. The molecule has 0 aliphatic heterocycles. The summed E-state index contributed by atoms with van der Waals surface area (Å²) in [5, 5.41) is 1.94. The van der Waals surface area contributed by atoms with Crippen molar-refractivity contribution in [1.82, 2.24) is 4.98 Å². The number of hydrogen-bond donors (Lipinski definition) is 1. The van der Waals surface area contributed by atoms with E-state index in [2.05, 4.69) is 4.98 Å². The van der Waals surface area contributed by atoms with E-state index < -0.39 is 35.1 Å². The first-order chi connectivity index (χ1) is 9.79. The Morgan fingerprint density at radius 3 is 2.14 bits per heavy atom. The van der Waals surface area contributed by atoms with Crippen LogP contribution in [0.1, 0.15) is 16.1 Å². The highest BCUT2D eigenvalue weighted by Crippen LogP contribution is 2.27. The third-order valence-corrected chi connectivity index (χ3v) is 2.52. The number of pyridine rings is 1. The first-order valence-electron chi connectivity index (χ1n) is 5.57. The third-order valence-electron chi connectivity index (χ3n) is 2.52. The minimum Gasteiger partial charge on any atom is -0.317 e. The minimum absolute atomic E-state index is 0.259. The monoisotopic (exact) mass is 302 g/mol. The number of nitrogens with one attached hydrogen (secondary N) is 1. The number of amides is 1. The molecule has 3 nitrogen and oxygen atoms in total. The molecule has 1 amide bonds. The fraction of sp³-hybridized carbons (Fsp3) is 0.0769. The predicted molar refractivity (Wildman–Crippen MR) is 63.6 cm³/mol. The summed E-state index contributed by atoms with van der Waals surface area (Å²) in [4.78, 5) is 14.8. The summed E-state index contributed by atoms with van der Waals surface area (Å²) in [6, 6.07) is 4.45. The molecule has 2 rings (SSSR count). The van der Waals surface area contributed by atoms with E-state index in [1.165, 1.54) is 0 Å². The van der Waals surface area contributed by atoms with Crippen LogP contribution in [0.25, 0.3) is 0 Å². The zero-order chi connectivity index (χ0) is 15.6. The second-order valence-electron chi connectivity index (χ2n) is 3.98. The molecule has 0 atom stereocenters. The van der Waals surface area contributed by atoms with Crippen LogP contribution >= 0.6 is 0 Å². The molecule has 0 spiro atoms. The topological polar surface area (TPSA) is 42.0 Å². The van der Waals surface area contributed by atoms with Crippen molar-refractivity contribution in [3.05, 3.63) is 59.4 Å². The van der Waals surface area contributed by atoms with Gasteiger partial charge in [0, 0.05) is 6.20 Å². The van der Waals surface area contributed by atoms with Crippen LogP contribution in [0.5, 0.6) is 0 Å². The number of para-hydroxylation sites is 1. The molecule has 8 heteroatoms. The van der Waals surface area contributed by atoms with E-state index in [1.54, 1.807) is 0 Å². The summed E-state index contributed by atoms with van der Waals surface area (Å²) < 4.78 is 63.6. The average Bonchev–Trinajstić information content (AvgIpc) is 2.42. The van der Waals surface area contributed by atoms with Crippen molar-refractivity contribution in [2.75, 3.05) is 5.32 Å². The minimum atomic E-state index is -4.63. The van der Waals surface area contributed by atoms with Gasteiger partial charge < -0.3 is 5.32 Å². The molecule has 110 valence electrons. The molecule has 1 heterocycles. The van der Waals surface area contributed by atoms with Gasteiger partial charge in [0.15, 0.2) is 0 Å². The molecule has 0 fully saturated rings. The molecule has 0 aliphatic carbocycles. The molecule has 1 aromatic heterocycles. The number of nitrogens with zero attached hydrogens (tertiary/aromatic N) is 1. The van der Waals surface area contributed by atoms with Gasteiger partial charge in [-0.05, 0) is 24.3 Å². The lowest BCUT2D eigenvalue weighted by Crippen LogP contribution is -2.16. The van der Waals surface area contributed by atoms with E-state index in [4.69, 9.17) is 0 Å². The van der Waals surface area contributed by atoms with Gasteiger partial charge in [-0.25, -0.2) is 8.78 Å². The van der Waals surface area contributed by atoms with E-state index in [9.17, 15) is 26.7 Å². The highest BCUT2D eigenvalue weighted by Gasteiger charge is 2.32. The summed E-state index contributed by atoms with van der Waals surface area (Å²) in [5.74, 6) is -2.97. The summed E-state index contributed by atoms with van der Waals surface area (Å²) in [6.45, 7) is 0. The fourth-order valence-corrected chi connectivity index (χ4v) is 1.50. The molecule has 0 saturated carbocycles. The molecular weight excluding hydrogens is 295 g/mol. The molecule has 2 aromatic rings. The van der Waals surface area contributed by atoms with Crippen LogP contribution in [0.2, 0.25) is 0 Å². The third kappa shape index (κ3) is 3.33. The zero-order valence-corrected chi connectivity index (χ0v) is 10.2. The van der Waals surface area contributed by atoms with E-state index in [0.717, 1.165) is 24.3 Å². The molecule has 1 N–H and O–H groups in total. The van der Waals surface area contributed by atoms with Crippen LogP contribution in [0.15, 0.2) is 36.5 Å². The van der Waals surface area contributed by atoms with Crippen molar-refractivity contribution in [3.63, 3.8) is 0 Å². The molecule has 21 heavy (non-hydrogen) atoms. The quantitative estimate of drug-likeness (QED) is 0.861. The number of hydrogen-bond acceptors (Lipinski definition) is 2. The van der Waals surface area contributed by atoms with E-state index in [1.807, 2.05) is 5.32 Å². The molecule has 0 radical (unpaired) electrons. The van der Waals surface area contributed by atoms with Gasteiger partial charge in [-0.15, -0.1) is 0 Å². The van der Waals surface area contributed by atoms with Crippen molar-refractivity contribution >= 4 is 11.6 Å². The highest BCUT2D eigenvalue weighted by molar-refractivity contribution is 6.04. The first-order valence-corrected chi connectivity index (χ1v) is 5.57. The van der Waals surface area contributed by atoms with Crippen molar-refractivity contribution in [2.45, 2.75) is 6.18 Å². The Morgan fingerprint density at radius 1 is 1.05 bits per heavy atom. The lowest BCUT2D eigenvalue weighted by molar-refractivity contribution is -0.141. The Balaban J connectivity index is 2.21. The van der Waals surface area contributed by atoms with Crippen LogP contribution in [0.3, 0.4) is 0 Å². The largest absolute Gasteiger partial charge is 0.433 e.